The van der Waals surface area contributed by atoms with Gasteiger partial charge in [-0.05, 0) is 18.8 Å². The summed E-state index contributed by atoms with van der Waals surface area (Å²) in [5.74, 6) is -0.835. The maximum Gasteiger partial charge on any atom is 0.315 e. The van der Waals surface area contributed by atoms with Gasteiger partial charge in [0.25, 0.3) is 0 Å². The van der Waals surface area contributed by atoms with Gasteiger partial charge in [0, 0.05) is 20.0 Å². The zero-order chi connectivity index (χ0) is 14.0. The van der Waals surface area contributed by atoms with Gasteiger partial charge >= 0.3 is 12.0 Å². The molecule has 1 unspecified atom stereocenters. The van der Waals surface area contributed by atoms with Crippen LogP contribution in [0.25, 0.3) is 0 Å². The fourth-order valence-electron chi connectivity index (χ4n) is 1.26. The van der Waals surface area contributed by atoms with E-state index in [0.717, 1.165) is 0 Å². The Kier molecular flexibility index (Phi) is 8.34. The molecule has 0 aromatic rings. The van der Waals surface area contributed by atoms with Crippen molar-refractivity contribution in [1.29, 1.82) is 0 Å². The van der Waals surface area contributed by atoms with Crippen molar-refractivity contribution in [2.75, 3.05) is 20.1 Å². The first-order chi connectivity index (χ1) is 8.45. The number of likely N-dealkylation sites (N-methyl/N-ethyl adjacent to an activating group) is 1. The average molecular weight is 259 g/mol. The summed E-state index contributed by atoms with van der Waals surface area (Å²) in [6, 6.07) is -0.399. The molecule has 0 saturated heterocycles. The lowest BCUT2D eigenvalue weighted by molar-refractivity contribution is -0.137. The molecule has 0 heterocycles. The van der Waals surface area contributed by atoms with Crippen LogP contribution in [0.4, 0.5) is 4.79 Å². The third kappa shape index (κ3) is 9.44. The third-order valence-corrected chi connectivity index (χ3v) is 2.46. The van der Waals surface area contributed by atoms with Gasteiger partial charge in [-0.1, -0.05) is 6.92 Å². The monoisotopic (exact) mass is 259 g/mol. The van der Waals surface area contributed by atoms with Gasteiger partial charge in [-0.2, -0.15) is 0 Å². The lowest BCUT2D eigenvalue weighted by Gasteiger charge is -2.11. The van der Waals surface area contributed by atoms with Crippen molar-refractivity contribution in [3.63, 3.8) is 0 Å². The topological polar surface area (TPSA) is 108 Å². The number of aliphatic carboxylic acids is 1. The van der Waals surface area contributed by atoms with E-state index in [2.05, 4.69) is 16.0 Å². The van der Waals surface area contributed by atoms with Crippen LogP contribution in [0.15, 0.2) is 0 Å². The van der Waals surface area contributed by atoms with Gasteiger partial charge in [0.2, 0.25) is 5.91 Å². The molecular weight excluding hydrogens is 238 g/mol. The van der Waals surface area contributed by atoms with Crippen LogP contribution in [-0.2, 0) is 9.59 Å². The minimum atomic E-state index is -0.807. The van der Waals surface area contributed by atoms with Crippen LogP contribution in [0, 0.1) is 5.92 Å². The first-order valence-electron chi connectivity index (χ1n) is 5.89. The number of carboxylic acid groups (broad SMARTS) is 1. The highest BCUT2D eigenvalue weighted by Crippen LogP contribution is 2.08. The molecule has 18 heavy (non-hydrogen) atoms. The largest absolute Gasteiger partial charge is 0.481 e. The van der Waals surface area contributed by atoms with Crippen molar-refractivity contribution in [2.45, 2.75) is 26.2 Å². The highest BCUT2D eigenvalue weighted by molar-refractivity contribution is 5.83. The molecule has 0 spiro atoms. The van der Waals surface area contributed by atoms with Crippen LogP contribution in [0.2, 0.25) is 0 Å². The molecule has 0 aromatic heterocycles. The minimum Gasteiger partial charge on any atom is -0.481 e. The van der Waals surface area contributed by atoms with Gasteiger partial charge in [-0.25, -0.2) is 4.79 Å². The van der Waals surface area contributed by atoms with Crippen molar-refractivity contribution < 1.29 is 19.5 Å². The molecule has 0 aliphatic heterocycles. The molecule has 0 fully saturated rings. The van der Waals surface area contributed by atoms with Crippen LogP contribution in [-0.4, -0.2) is 43.2 Å². The van der Waals surface area contributed by atoms with Crippen molar-refractivity contribution >= 4 is 17.9 Å². The highest BCUT2D eigenvalue weighted by Gasteiger charge is 2.07. The molecule has 0 saturated carbocycles. The first kappa shape index (κ1) is 16.2. The van der Waals surface area contributed by atoms with E-state index in [1.807, 2.05) is 6.92 Å². The van der Waals surface area contributed by atoms with Gasteiger partial charge in [0.05, 0.1) is 6.54 Å². The second kappa shape index (κ2) is 9.26. The quantitative estimate of drug-likeness (QED) is 0.489. The predicted molar refractivity (Wildman–Crippen MR) is 66.1 cm³/mol. The predicted octanol–water partition coefficient (Wildman–Crippen LogP) is -0.0774. The Bertz CT molecular complexity index is 294. The lowest BCUT2D eigenvalue weighted by Crippen LogP contribution is -2.41. The van der Waals surface area contributed by atoms with Crippen molar-refractivity contribution in [3.8, 4) is 0 Å². The summed E-state index contributed by atoms with van der Waals surface area (Å²) < 4.78 is 0. The smallest absolute Gasteiger partial charge is 0.315 e. The van der Waals surface area contributed by atoms with Gasteiger partial charge < -0.3 is 21.1 Å². The number of carbonyl (C=O) groups excluding carboxylic acids is 2. The molecule has 104 valence electrons. The number of amides is 3. The van der Waals surface area contributed by atoms with Crippen molar-refractivity contribution in [2.24, 2.45) is 5.92 Å². The highest BCUT2D eigenvalue weighted by atomic mass is 16.4. The summed E-state index contributed by atoms with van der Waals surface area (Å²) in [6.45, 7) is 2.34. The van der Waals surface area contributed by atoms with Crippen molar-refractivity contribution in [3.05, 3.63) is 0 Å². The van der Waals surface area contributed by atoms with Crippen LogP contribution in [0.1, 0.15) is 26.2 Å². The standard InChI is InChI=1S/C11H21N3O4/c1-8(3-4-10(16)17)5-6-13-11(18)14-7-9(15)12-2/h8H,3-7H2,1-2H3,(H,12,15)(H,16,17)(H2,13,14,18). The summed E-state index contributed by atoms with van der Waals surface area (Å²) in [5, 5.41) is 15.9. The van der Waals surface area contributed by atoms with E-state index in [0.29, 0.717) is 19.4 Å². The molecule has 3 amide bonds. The molecule has 7 heteroatoms. The molecule has 0 bridgehead atoms. The summed E-state index contributed by atoms with van der Waals surface area (Å²) in [7, 11) is 1.49. The van der Waals surface area contributed by atoms with Crippen LogP contribution >= 0.6 is 0 Å². The van der Waals surface area contributed by atoms with Gasteiger partial charge in [0.1, 0.15) is 0 Å². The van der Waals surface area contributed by atoms with Gasteiger partial charge in [-0.3, -0.25) is 9.59 Å². The third-order valence-electron chi connectivity index (χ3n) is 2.46. The Morgan fingerprint density at radius 1 is 1.17 bits per heavy atom. The minimum absolute atomic E-state index is 0.0586. The Balaban J connectivity index is 3.55. The van der Waals surface area contributed by atoms with E-state index in [9.17, 15) is 14.4 Å². The molecule has 0 aliphatic rings. The molecule has 0 aromatic carbocycles. The normalized spacial score (nSPS) is 11.4. The number of carbonyl (C=O) groups is 3. The molecule has 1 atom stereocenters. The summed E-state index contributed by atoms with van der Waals surface area (Å²) in [5.41, 5.74) is 0. The Hall–Kier alpha value is -1.79. The summed E-state index contributed by atoms with van der Waals surface area (Å²) >= 11 is 0. The second-order valence-corrected chi connectivity index (χ2v) is 4.11. The summed E-state index contributed by atoms with van der Waals surface area (Å²) in [6.07, 6.45) is 1.45. The second-order valence-electron chi connectivity index (χ2n) is 4.11. The molecular formula is C11H21N3O4. The number of nitrogens with one attached hydrogen (secondary N) is 3. The Morgan fingerprint density at radius 2 is 1.83 bits per heavy atom. The molecule has 7 nitrogen and oxygen atoms in total. The van der Waals surface area contributed by atoms with Crippen molar-refractivity contribution in [1.82, 2.24) is 16.0 Å². The zero-order valence-electron chi connectivity index (χ0n) is 10.8. The fraction of sp³-hybridized carbons (Fsp3) is 0.727. The maximum absolute atomic E-state index is 11.2. The SMILES string of the molecule is CNC(=O)CNC(=O)NCCC(C)CCC(=O)O. The van der Waals surface area contributed by atoms with Gasteiger partial charge in [0.15, 0.2) is 0 Å². The van der Waals surface area contributed by atoms with Crippen LogP contribution < -0.4 is 16.0 Å². The first-order valence-corrected chi connectivity index (χ1v) is 5.89. The van der Waals surface area contributed by atoms with E-state index in [-0.39, 0.29) is 24.8 Å². The van der Waals surface area contributed by atoms with Crippen LogP contribution in [0.3, 0.4) is 0 Å². The van der Waals surface area contributed by atoms with E-state index in [4.69, 9.17) is 5.11 Å². The molecule has 0 aliphatic carbocycles. The summed E-state index contributed by atoms with van der Waals surface area (Å²) in [4.78, 5) is 32.4. The number of urea groups is 1. The van der Waals surface area contributed by atoms with Gasteiger partial charge in [-0.15, -0.1) is 0 Å². The molecule has 0 radical (unpaired) electrons. The number of hydrogen-bond donors (Lipinski definition) is 4. The average Bonchev–Trinajstić information content (AvgIpc) is 2.33. The Morgan fingerprint density at radius 3 is 2.39 bits per heavy atom. The molecule has 4 N–H and O–H groups in total. The van der Waals surface area contributed by atoms with E-state index in [1.54, 1.807) is 0 Å². The van der Waals surface area contributed by atoms with E-state index < -0.39 is 12.0 Å². The number of rotatable bonds is 8. The molecule has 0 rings (SSSR count). The van der Waals surface area contributed by atoms with E-state index >= 15 is 0 Å². The maximum atomic E-state index is 11.2. The number of hydrogen-bond acceptors (Lipinski definition) is 3. The van der Waals surface area contributed by atoms with Crippen LogP contribution in [0.5, 0.6) is 0 Å². The number of carboxylic acids is 1. The lowest BCUT2D eigenvalue weighted by atomic mass is 10.0. The van der Waals surface area contributed by atoms with E-state index in [1.165, 1.54) is 7.05 Å². The Labute approximate surface area is 106 Å². The zero-order valence-corrected chi connectivity index (χ0v) is 10.8. The fourth-order valence-corrected chi connectivity index (χ4v) is 1.26.